The van der Waals surface area contributed by atoms with Crippen molar-refractivity contribution in [1.82, 2.24) is 15.2 Å². The van der Waals surface area contributed by atoms with Crippen LogP contribution >= 0.6 is 0 Å². The van der Waals surface area contributed by atoms with Crippen LogP contribution in [0.15, 0.2) is 58.4 Å². The molecule has 1 amide bonds. The highest BCUT2D eigenvalue weighted by molar-refractivity contribution is 6.06. The summed E-state index contributed by atoms with van der Waals surface area (Å²) in [5, 5.41) is 9.35. The molecule has 0 saturated heterocycles. The zero-order valence-corrected chi connectivity index (χ0v) is 16.1. The minimum absolute atomic E-state index is 0.167. The zero-order chi connectivity index (χ0) is 20.1. The van der Waals surface area contributed by atoms with E-state index in [-0.39, 0.29) is 11.3 Å². The van der Waals surface area contributed by atoms with Gasteiger partial charge >= 0.3 is 0 Å². The zero-order valence-electron chi connectivity index (χ0n) is 16.1. The molecule has 0 saturated carbocycles. The fourth-order valence-electron chi connectivity index (χ4n) is 2.83. The highest BCUT2D eigenvalue weighted by Crippen LogP contribution is 2.14. The number of hydrogen-bond acceptors (Lipinski definition) is 5. The smallest absolute Gasteiger partial charge is 0.292 e. The van der Waals surface area contributed by atoms with Gasteiger partial charge in [0.05, 0.1) is 17.7 Å². The molecule has 7 heteroatoms. The normalized spacial score (nSPS) is 11.5. The Morgan fingerprint density at radius 3 is 2.43 bits per heavy atom. The Kier molecular flexibility index (Phi) is 5.84. The molecule has 144 valence electrons. The molecule has 3 rings (SSSR count). The first-order valence-electron chi connectivity index (χ1n) is 9.12. The second kappa shape index (κ2) is 8.47. The molecule has 3 aromatic rings. The van der Waals surface area contributed by atoms with Crippen molar-refractivity contribution in [3.63, 3.8) is 0 Å². The molecule has 0 fully saturated rings. The average molecular weight is 378 g/mol. The molecule has 2 aromatic carbocycles. The number of ether oxygens (including phenoxy) is 1. The molecule has 1 heterocycles. The average Bonchev–Trinajstić information content (AvgIpc) is 2.73. The highest BCUT2D eigenvalue weighted by Gasteiger charge is 2.16. The van der Waals surface area contributed by atoms with Gasteiger partial charge in [0, 0.05) is 11.9 Å². The Balaban J connectivity index is 1.87. The molecule has 7 nitrogen and oxygen atoms in total. The van der Waals surface area contributed by atoms with E-state index < -0.39 is 5.91 Å². The summed E-state index contributed by atoms with van der Waals surface area (Å²) in [7, 11) is 0. The Morgan fingerprint density at radius 2 is 1.79 bits per heavy atom. The topological polar surface area (TPSA) is 85.6 Å². The first-order chi connectivity index (χ1) is 13.5. The van der Waals surface area contributed by atoms with Crippen molar-refractivity contribution in [1.29, 1.82) is 0 Å². The van der Waals surface area contributed by atoms with Gasteiger partial charge in [-0.15, -0.1) is 0 Å². The maximum absolute atomic E-state index is 12.7. The molecule has 1 aromatic heterocycles. The summed E-state index contributed by atoms with van der Waals surface area (Å²) in [5.41, 5.74) is 3.99. The van der Waals surface area contributed by atoms with Crippen LogP contribution in [0, 0.1) is 0 Å². The number of amides is 1. The number of hydrazone groups is 1. The number of fused-ring (bicyclic) bond motifs is 1. The van der Waals surface area contributed by atoms with Crippen molar-refractivity contribution in [3.05, 3.63) is 70.1 Å². The highest BCUT2D eigenvalue weighted by atomic mass is 16.5. The molecule has 0 bridgehead atoms. The van der Waals surface area contributed by atoms with Crippen molar-refractivity contribution in [2.24, 2.45) is 5.10 Å². The first-order valence-corrected chi connectivity index (χ1v) is 9.12. The number of benzene rings is 2. The molecule has 0 spiro atoms. The molecule has 0 aliphatic carbocycles. The first kappa shape index (κ1) is 19.3. The molecule has 0 aliphatic rings. The van der Waals surface area contributed by atoms with E-state index >= 15 is 0 Å². The van der Waals surface area contributed by atoms with Gasteiger partial charge in [0.25, 0.3) is 11.5 Å². The summed E-state index contributed by atoms with van der Waals surface area (Å²) < 4.78 is 6.70. The van der Waals surface area contributed by atoms with E-state index in [4.69, 9.17) is 4.74 Å². The number of rotatable bonds is 6. The number of nitrogens with zero attached hydrogens (tertiary/aromatic N) is 3. The summed E-state index contributed by atoms with van der Waals surface area (Å²) in [6, 6.07) is 14.4. The maximum Gasteiger partial charge on any atom is 0.292 e. The van der Waals surface area contributed by atoms with Gasteiger partial charge in [0.15, 0.2) is 5.69 Å². The number of aromatic nitrogens is 2. The molecule has 0 aliphatic heterocycles. The summed E-state index contributed by atoms with van der Waals surface area (Å²) in [6.07, 6.45) is 0. The number of carbonyl (C=O) groups is 1. The van der Waals surface area contributed by atoms with Crippen LogP contribution in [-0.4, -0.2) is 28.0 Å². The molecular weight excluding hydrogens is 356 g/mol. The van der Waals surface area contributed by atoms with E-state index in [9.17, 15) is 9.59 Å². The summed E-state index contributed by atoms with van der Waals surface area (Å²) in [5.74, 6) is 0.310. The van der Waals surface area contributed by atoms with Crippen LogP contribution in [0.5, 0.6) is 5.75 Å². The number of nitrogens with one attached hydrogen (secondary N) is 1. The van der Waals surface area contributed by atoms with Gasteiger partial charge in [0.1, 0.15) is 5.75 Å². The monoisotopic (exact) mass is 378 g/mol. The summed E-state index contributed by atoms with van der Waals surface area (Å²) >= 11 is 0. The minimum Gasteiger partial charge on any atom is -0.494 e. The van der Waals surface area contributed by atoms with Gasteiger partial charge in [-0.3, -0.25) is 9.59 Å². The van der Waals surface area contributed by atoms with E-state index in [0.29, 0.717) is 29.6 Å². The molecule has 1 N–H and O–H groups in total. The van der Waals surface area contributed by atoms with Gasteiger partial charge < -0.3 is 4.74 Å². The van der Waals surface area contributed by atoms with Gasteiger partial charge in [-0.05, 0) is 56.7 Å². The lowest BCUT2D eigenvalue weighted by Gasteiger charge is -2.09. The third-order valence-corrected chi connectivity index (χ3v) is 4.29. The van der Waals surface area contributed by atoms with E-state index in [0.717, 1.165) is 11.3 Å². The molecule has 0 radical (unpaired) electrons. The molecule has 0 unspecified atom stereocenters. The second-order valence-electron chi connectivity index (χ2n) is 6.11. The number of carbonyl (C=O) groups excluding carboxylic acids is 1. The van der Waals surface area contributed by atoms with Crippen LogP contribution < -0.4 is 15.7 Å². The lowest BCUT2D eigenvalue weighted by molar-refractivity contribution is 0.0949. The SMILES string of the molecule is CCOc1ccc(/C(C)=N\NC(=O)c2nn(CC)c(=O)c3ccccc23)cc1. The quantitative estimate of drug-likeness (QED) is 0.528. The number of hydrogen-bond donors (Lipinski definition) is 1. The second-order valence-corrected chi connectivity index (χ2v) is 6.11. The molecule has 28 heavy (non-hydrogen) atoms. The van der Waals surface area contributed by atoms with E-state index in [1.165, 1.54) is 4.68 Å². The third-order valence-electron chi connectivity index (χ3n) is 4.29. The predicted octanol–water partition coefficient (Wildman–Crippen LogP) is 2.97. The Morgan fingerprint density at radius 1 is 1.11 bits per heavy atom. The molecule has 0 atom stereocenters. The van der Waals surface area contributed by atoms with Gasteiger partial charge in [-0.1, -0.05) is 18.2 Å². The Bertz CT molecular complexity index is 1080. The largest absolute Gasteiger partial charge is 0.494 e. The van der Waals surface area contributed by atoms with E-state index in [1.807, 2.05) is 31.2 Å². The van der Waals surface area contributed by atoms with Gasteiger partial charge in [-0.2, -0.15) is 10.2 Å². The lowest BCUT2D eigenvalue weighted by atomic mass is 10.1. The van der Waals surface area contributed by atoms with Crippen LogP contribution in [0.25, 0.3) is 10.8 Å². The number of aryl methyl sites for hydroxylation is 1. The van der Waals surface area contributed by atoms with Crippen molar-refractivity contribution < 1.29 is 9.53 Å². The summed E-state index contributed by atoms with van der Waals surface area (Å²) in [6.45, 7) is 6.50. The fraction of sp³-hybridized carbons (Fsp3) is 0.238. The van der Waals surface area contributed by atoms with Crippen LogP contribution in [0.2, 0.25) is 0 Å². The van der Waals surface area contributed by atoms with Crippen molar-refractivity contribution in [3.8, 4) is 5.75 Å². The van der Waals surface area contributed by atoms with Gasteiger partial charge in [-0.25, -0.2) is 10.1 Å². The van der Waals surface area contributed by atoms with E-state index in [2.05, 4.69) is 15.6 Å². The van der Waals surface area contributed by atoms with Gasteiger partial charge in [0.2, 0.25) is 0 Å². The maximum atomic E-state index is 12.7. The van der Waals surface area contributed by atoms with Crippen LogP contribution in [0.3, 0.4) is 0 Å². The van der Waals surface area contributed by atoms with Crippen molar-refractivity contribution in [2.45, 2.75) is 27.3 Å². The third kappa shape index (κ3) is 3.93. The lowest BCUT2D eigenvalue weighted by Crippen LogP contribution is -2.28. The van der Waals surface area contributed by atoms with Crippen molar-refractivity contribution >= 4 is 22.4 Å². The van der Waals surface area contributed by atoms with Crippen molar-refractivity contribution in [2.75, 3.05) is 6.61 Å². The van der Waals surface area contributed by atoms with Crippen LogP contribution in [-0.2, 0) is 6.54 Å². The van der Waals surface area contributed by atoms with Crippen LogP contribution in [0.1, 0.15) is 36.8 Å². The predicted molar refractivity (Wildman–Crippen MR) is 109 cm³/mol. The van der Waals surface area contributed by atoms with E-state index in [1.54, 1.807) is 38.1 Å². The summed E-state index contributed by atoms with van der Waals surface area (Å²) in [4.78, 5) is 25.1. The minimum atomic E-state index is -0.469. The Labute approximate surface area is 162 Å². The fourth-order valence-corrected chi connectivity index (χ4v) is 2.83. The molecular formula is C21H22N4O3. The standard InChI is InChI=1S/C21H22N4O3/c1-4-25-21(27)18-9-7-6-8-17(18)19(24-25)20(26)23-22-14(3)15-10-12-16(13-11-15)28-5-2/h6-13H,4-5H2,1-3H3,(H,23,26)/b22-14-. The van der Waals surface area contributed by atoms with Crippen LogP contribution in [0.4, 0.5) is 0 Å². The Hall–Kier alpha value is -3.48.